The Balaban J connectivity index is 2.32. The Morgan fingerprint density at radius 3 is 2.86 bits per heavy atom. The fourth-order valence-electron chi connectivity index (χ4n) is 0.646. The Bertz CT molecular complexity index is 80.1. The molecule has 7 heavy (non-hydrogen) atoms. The average Bonchev–Trinajstić information content (AvgIpc) is 1.69. The number of thiol groups is 1. The summed E-state index contributed by atoms with van der Waals surface area (Å²) in [7, 11) is 0. The standard InChI is InChI=1S/C5H9NS/c7-5-2-1-3-6-4-5/h3,5,7H,1-2,4H2. The minimum atomic E-state index is 0.532. The van der Waals surface area contributed by atoms with E-state index in [0.29, 0.717) is 5.25 Å². The zero-order valence-electron chi connectivity index (χ0n) is 4.17. The highest BCUT2D eigenvalue weighted by Gasteiger charge is 2.02. The van der Waals surface area contributed by atoms with Gasteiger partial charge in [0.2, 0.25) is 0 Å². The molecule has 0 fully saturated rings. The summed E-state index contributed by atoms with van der Waals surface area (Å²) in [6.07, 6.45) is 4.30. The van der Waals surface area contributed by atoms with Gasteiger partial charge >= 0.3 is 0 Å². The van der Waals surface area contributed by atoms with Gasteiger partial charge in [0.25, 0.3) is 0 Å². The van der Waals surface area contributed by atoms with Gasteiger partial charge in [0.05, 0.1) is 6.54 Å². The third-order valence-electron chi connectivity index (χ3n) is 1.07. The average molecular weight is 115 g/mol. The van der Waals surface area contributed by atoms with Crippen LogP contribution in [0.2, 0.25) is 0 Å². The summed E-state index contributed by atoms with van der Waals surface area (Å²) < 4.78 is 0. The van der Waals surface area contributed by atoms with E-state index < -0.39 is 0 Å². The number of rotatable bonds is 0. The molecule has 1 atom stereocenters. The quantitative estimate of drug-likeness (QED) is 0.455. The Hall–Kier alpha value is 0.0200. The summed E-state index contributed by atoms with van der Waals surface area (Å²) in [5, 5.41) is 0.532. The number of aliphatic imine (C=N–C) groups is 1. The van der Waals surface area contributed by atoms with Crippen molar-refractivity contribution in [1.29, 1.82) is 0 Å². The van der Waals surface area contributed by atoms with Crippen LogP contribution in [0.4, 0.5) is 0 Å². The van der Waals surface area contributed by atoms with Crippen molar-refractivity contribution in [3.8, 4) is 0 Å². The predicted octanol–water partition coefficient (Wildman–Crippen LogP) is 1.15. The maximum atomic E-state index is 4.25. The normalized spacial score (nSPS) is 30.7. The van der Waals surface area contributed by atoms with Gasteiger partial charge in [-0.2, -0.15) is 12.6 Å². The van der Waals surface area contributed by atoms with Crippen molar-refractivity contribution in [2.75, 3.05) is 6.54 Å². The van der Waals surface area contributed by atoms with E-state index in [1.54, 1.807) is 0 Å². The van der Waals surface area contributed by atoms with Crippen LogP contribution >= 0.6 is 12.6 Å². The topological polar surface area (TPSA) is 12.4 Å². The first-order valence-electron chi connectivity index (χ1n) is 2.56. The molecule has 1 unspecified atom stereocenters. The molecule has 0 bridgehead atoms. The molecule has 0 aromatic heterocycles. The van der Waals surface area contributed by atoms with Crippen molar-refractivity contribution in [3.63, 3.8) is 0 Å². The summed E-state index contributed by atoms with van der Waals surface area (Å²) in [5.74, 6) is 0. The van der Waals surface area contributed by atoms with Gasteiger partial charge in [0.1, 0.15) is 0 Å². The van der Waals surface area contributed by atoms with E-state index in [4.69, 9.17) is 0 Å². The van der Waals surface area contributed by atoms with Gasteiger partial charge in [0.15, 0.2) is 0 Å². The Morgan fingerprint density at radius 2 is 2.57 bits per heavy atom. The lowest BCUT2D eigenvalue weighted by Gasteiger charge is -2.08. The molecule has 0 aromatic carbocycles. The zero-order chi connectivity index (χ0) is 5.11. The molecule has 0 aromatic rings. The SMILES string of the molecule is SC1CCC=NC1. The van der Waals surface area contributed by atoms with E-state index in [1.165, 1.54) is 6.42 Å². The van der Waals surface area contributed by atoms with E-state index in [0.717, 1.165) is 13.0 Å². The van der Waals surface area contributed by atoms with Crippen LogP contribution in [-0.4, -0.2) is 18.0 Å². The number of hydrogen-bond acceptors (Lipinski definition) is 2. The van der Waals surface area contributed by atoms with Crippen LogP contribution in [0.1, 0.15) is 12.8 Å². The molecule has 40 valence electrons. The van der Waals surface area contributed by atoms with Crippen LogP contribution in [0.5, 0.6) is 0 Å². The molecule has 0 spiro atoms. The lowest BCUT2D eigenvalue weighted by Crippen LogP contribution is -2.07. The van der Waals surface area contributed by atoms with Crippen LogP contribution in [-0.2, 0) is 0 Å². The van der Waals surface area contributed by atoms with Gasteiger partial charge < -0.3 is 0 Å². The van der Waals surface area contributed by atoms with Crippen molar-refractivity contribution < 1.29 is 0 Å². The first-order chi connectivity index (χ1) is 3.39. The lowest BCUT2D eigenvalue weighted by atomic mass is 10.2. The molecule has 1 aliphatic rings. The molecule has 1 rings (SSSR count). The molecule has 1 heterocycles. The molecule has 1 aliphatic heterocycles. The summed E-state index contributed by atoms with van der Waals surface area (Å²) in [6.45, 7) is 0.920. The summed E-state index contributed by atoms with van der Waals surface area (Å²) in [5.41, 5.74) is 0. The van der Waals surface area contributed by atoms with Crippen molar-refractivity contribution in [2.45, 2.75) is 18.1 Å². The largest absolute Gasteiger partial charge is 0.296 e. The monoisotopic (exact) mass is 115 g/mol. The maximum Gasteiger partial charge on any atom is 0.0502 e. The number of nitrogens with zero attached hydrogens (tertiary/aromatic N) is 1. The minimum Gasteiger partial charge on any atom is -0.296 e. The van der Waals surface area contributed by atoms with Crippen molar-refractivity contribution >= 4 is 18.8 Å². The van der Waals surface area contributed by atoms with Crippen molar-refractivity contribution in [2.24, 2.45) is 4.99 Å². The first-order valence-corrected chi connectivity index (χ1v) is 3.07. The molecule has 0 aliphatic carbocycles. The van der Waals surface area contributed by atoms with Gasteiger partial charge in [-0.15, -0.1) is 0 Å². The van der Waals surface area contributed by atoms with Crippen LogP contribution in [0.25, 0.3) is 0 Å². The fraction of sp³-hybridized carbons (Fsp3) is 0.800. The molecule has 2 heteroatoms. The van der Waals surface area contributed by atoms with Crippen LogP contribution in [0.3, 0.4) is 0 Å². The molecule has 0 saturated carbocycles. The van der Waals surface area contributed by atoms with Gasteiger partial charge in [-0.3, -0.25) is 4.99 Å². The van der Waals surface area contributed by atoms with Crippen molar-refractivity contribution in [3.05, 3.63) is 0 Å². The second kappa shape index (κ2) is 2.36. The van der Waals surface area contributed by atoms with Crippen LogP contribution < -0.4 is 0 Å². The minimum absolute atomic E-state index is 0.532. The van der Waals surface area contributed by atoms with Gasteiger partial charge in [-0.25, -0.2) is 0 Å². The van der Waals surface area contributed by atoms with E-state index in [-0.39, 0.29) is 0 Å². The van der Waals surface area contributed by atoms with Crippen LogP contribution in [0, 0.1) is 0 Å². The van der Waals surface area contributed by atoms with Gasteiger partial charge in [-0.1, -0.05) is 0 Å². The maximum absolute atomic E-state index is 4.25. The van der Waals surface area contributed by atoms with Crippen molar-refractivity contribution in [1.82, 2.24) is 0 Å². The van der Waals surface area contributed by atoms with E-state index >= 15 is 0 Å². The molecule has 0 radical (unpaired) electrons. The number of hydrogen-bond donors (Lipinski definition) is 1. The highest BCUT2D eigenvalue weighted by Crippen LogP contribution is 2.07. The molecule has 1 nitrogen and oxygen atoms in total. The highest BCUT2D eigenvalue weighted by molar-refractivity contribution is 7.81. The summed E-state index contributed by atoms with van der Waals surface area (Å²) in [6, 6.07) is 0. The highest BCUT2D eigenvalue weighted by atomic mass is 32.1. The second-order valence-corrected chi connectivity index (χ2v) is 2.51. The Labute approximate surface area is 49.2 Å². The molecule has 0 amide bonds. The predicted molar refractivity (Wildman–Crippen MR) is 35.4 cm³/mol. The smallest absolute Gasteiger partial charge is 0.0502 e. The third-order valence-corrected chi connectivity index (χ3v) is 1.50. The van der Waals surface area contributed by atoms with E-state index in [1.807, 2.05) is 6.21 Å². The van der Waals surface area contributed by atoms with E-state index in [9.17, 15) is 0 Å². The molecular weight excluding hydrogens is 106 g/mol. The Kier molecular flexibility index (Phi) is 1.74. The Morgan fingerprint density at radius 1 is 1.71 bits per heavy atom. The molecule has 0 saturated heterocycles. The summed E-state index contributed by atoms with van der Waals surface area (Å²) in [4.78, 5) is 4.06. The second-order valence-electron chi connectivity index (χ2n) is 1.78. The zero-order valence-corrected chi connectivity index (χ0v) is 5.06. The van der Waals surface area contributed by atoms with Gasteiger partial charge in [0, 0.05) is 5.25 Å². The molecule has 0 N–H and O–H groups in total. The third kappa shape index (κ3) is 1.51. The molecular formula is C5H9NS. The van der Waals surface area contributed by atoms with Gasteiger partial charge in [-0.05, 0) is 19.1 Å². The summed E-state index contributed by atoms with van der Waals surface area (Å²) >= 11 is 4.25. The van der Waals surface area contributed by atoms with Crippen LogP contribution in [0.15, 0.2) is 4.99 Å². The lowest BCUT2D eigenvalue weighted by molar-refractivity contribution is 0.772. The van der Waals surface area contributed by atoms with E-state index in [2.05, 4.69) is 17.6 Å². The first kappa shape index (κ1) is 5.16. The fourth-order valence-corrected chi connectivity index (χ4v) is 0.889.